The number of carbonyl (C=O) groups excluding carboxylic acids is 1. The van der Waals surface area contributed by atoms with Crippen LogP contribution in [0.15, 0.2) is 60.8 Å². The van der Waals surface area contributed by atoms with Crippen LogP contribution in [0.3, 0.4) is 0 Å². The molecule has 4 nitrogen and oxygen atoms in total. The van der Waals surface area contributed by atoms with Gasteiger partial charge in [-0.3, -0.25) is 4.79 Å². The van der Waals surface area contributed by atoms with E-state index in [1.165, 1.54) is 11.1 Å². The number of para-hydroxylation sites is 1. The molecule has 2 aromatic carbocycles. The number of benzene rings is 2. The number of rotatable bonds is 5. The molecular formula is C23H25N3O. The lowest BCUT2D eigenvalue weighted by atomic mass is 9.87. The Morgan fingerprint density at radius 2 is 1.93 bits per heavy atom. The van der Waals surface area contributed by atoms with Crippen LogP contribution in [0.4, 0.5) is 0 Å². The van der Waals surface area contributed by atoms with Crippen molar-refractivity contribution in [1.82, 2.24) is 15.1 Å². The number of nitrogens with zero attached hydrogens (tertiary/aromatic N) is 2. The van der Waals surface area contributed by atoms with Crippen molar-refractivity contribution in [2.45, 2.75) is 45.1 Å². The van der Waals surface area contributed by atoms with Gasteiger partial charge in [0.15, 0.2) is 0 Å². The van der Waals surface area contributed by atoms with Crippen molar-refractivity contribution in [3.8, 4) is 5.69 Å². The van der Waals surface area contributed by atoms with Crippen LogP contribution in [0.1, 0.15) is 59.4 Å². The highest BCUT2D eigenvalue weighted by Crippen LogP contribution is 2.30. The first-order valence-corrected chi connectivity index (χ1v) is 9.79. The quantitative estimate of drug-likeness (QED) is 0.722. The molecule has 1 aliphatic rings. The van der Waals surface area contributed by atoms with E-state index in [2.05, 4.69) is 41.6 Å². The second-order valence-corrected chi connectivity index (χ2v) is 7.12. The normalized spacial score (nSPS) is 16.0. The van der Waals surface area contributed by atoms with Gasteiger partial charge in [0.25, 0.3) is 5.91 Å². The van der Waals surface area contributed by atoms with Crippen molar-refractivity contribution >= 4 is 5.91 Å². The van der Waals surface area contributed by atoms with Crippen LogP contribution in [-0.4, -0.2) is 15.7 Å². The minimum absolute atomic E-state index is 0.0256. The van der Waals surface area contributed by atoms with Gasteiger partial charge < -0.3 is 5.32 Å². The molecule has 27 heavy (non-hydrogen) atoms. The molecule has 0 spiro atoms. The van der Waals surface area contributed by atoms with E-state index in [4.69, 9.17) is 0 Å². The van der Waals surface area contributed by atoms with E-state index in [1.807, 2.05) is 35.0 Å². The van der Waals surface area contributed by atoms with Crippen LogP contribution >= 0.6 is 0 Å². The summed E-state index contributed by atoms with van der Waals surface area (Å²) in [6, 6.07) is 18.5. The minimum Gasteiger partial charge on any atom is -0.345 e. The topological polar surface area (TPSA) is 46.9 Å². The number of amides is 1. The largest absolute Gasteiger partial charge is 0.345 e. The van der Waals surface area contributed by atoms with E-state index < -0.39 is 0 Å². The van der Waals surface area contributed by atoms with Gasteiger partial charge in [0.2, 0.25) is 0 Å². The molecular weight excluding hydrogens is 334 g/mol. The molecule has 4 heteroatoms. The second-order valence-electron chi connectivity index (χ2n) is 7.12. The maximum Gasteiger partial charge on any atom is 0.255 e. The third-order valence-corrected chi connectivity index (χ3v) is 5.28. The SMILES string of the molecule is CCCc1c(C(=O)NC2CCCc3ccccc32)cnn1-c1ccccc1. The monoisotopic (exact) mass is 359 g/mol. The Morgan fingerprint density at radius 1 is 1.15 bits per heavy atom. The van der Waals surface area contributed by atoms with Gasteiger partial charge in [-0.15, -0.1) is 0 Å². The van der Waals surface area contributed by atoms with Crippen molar-refractivity contribution in [3.05, 3.63) is 83.2 Å². The molecule has 0 fully saturated rings. The van der Waals surface area contributed by atoms with E-state index in [0.717, 1.165) is 43.5 Å². The molecule has 0 saturated heterocycles. The Hall–Kier alpha value is -2.88. The molecule has 0 radical (unpaired) electrons. The number of carbonyl (C=O) groups is 1. The summed E-state index contributed by atoms with van der Waals surface area (Å²) in [6.07, 6.45) is 6.67. The first kappa shape index (κ1) is 17.5. The summed E-state index contributed by atoms with van der Waals surface area (Å²) >= 11 is 0. The Labute approximate surface area is 160 Å². The van der Waals surface area contributed by atoms with Crippen molar-refractivity contribution in [2.75, 3.05) is 0 Å². The highest BCUT2D eigenvalue weighted by Gasteiger charge is 2.24. The first-order chi connectivity index (χ1) is 13.3. The maximum atomic E-state index is 13.1. The van der Waals surface area contributed by atoms with E-state index in [9.17, 15) is 4.79 Å². The Morgan fingerprint density at radius 3 is 2.74 bits per heavy atom. The first-order valence-electron chi connectivity index (χ1n) is 9.79. The molecule has 1 heterocycles. The molecule has 1 aliphatic carbocycles. The zero-order valence-corrected chi connectivity index (χ0v) is 15.7. The lowest BCUT2D eigenvalue weighted by molar-refractivity contribution is 0.0931. The molecule has 4 rings (SSSR count). The van der Waals surface area contributed by atoms with Gasteiger partial charge in [-0.25, -0.2) is 4.68 Å². The second kappa shape index (κ2) is 7.78. The third kappa shape index (κ3) is 3.52. The zero-order valence-electron chi connectivity index (χ0n) is 15.7. The van der Waals surface area contributed by atoms with Gasteiger partial charge in [0, 0.05) is 0 Å². The fourth-order valence-electron chi connectivity index (χ4n) is 3.97. The lowest BCUT2D eigenvalue weighted by Gasteiger charge is -2.26. The van der Waals surface area contributed by atoms with Gasteiger partial charge >= 0.3 is 0 Å². The summed E-state index contributed by atoms with van der Waals surface area (Å²) in [5.74, 6) is -0.0256. The Bertz CT molecular complexity index is 930. The molecule has 1 atom stereocenters. The van der Waals surface area contributed by atoms with Crippen molar-refractivity contribution in [1.29, 1.82) is 0 Å². The Kier molecular flexibility index (Phi) is 5.05. The van der Waals surface area contributed by atoms with Gasteiger partial charge in [-0.2, -0.15) is 5.10 Å². The molecule has 0 saturated carbocycles. The highest BCUT2D eigenvalue weighted by atomic mass is 16.1. The zero-order chi connectivity index (χ0) is 18.6. The average Bonchev–Trinajstić information content (AvgIpc) is 3.13. The lowest BCUT2D eigenvalue weighted by Crippen LogP contribution is -2.31. The molecule has 3 aromatic rings. The molecule has 1 amide bonds. The predicted molar refractivity (Wildman–Crippen MR) is 107 cm³/mol. The summed E-state index contributed by atoms with van der Waals surface area (Å²) in [6.45, 7) is 2.13. The number of nitrogens with one attached hydrogen (secondary N) is 1. The standard InChI is InChI=1S/C23H25N3O/c1-2-9-22-20(16-24-26(22)18-12-4-3-5-13-18)23(27)25-21-15-8-11-17-10-6-7-14-19(17)21/h3-7,10,12-14,16,21H,2,8-9,11,15H2,1H3,(H,25,27). The van der Waals surface area contributed by atoms with Crippen LogP contribution in [0.2, 0.25) is 0 Å². The molecule has 1 aromatic heterocycles. The number of aryl methyl sites for hydroxylation is 1. The van der Waals surface area contributed by atoms with Gasteiger partial charge in [-0.1, -0.05) is 55.8 Å². The molecule has 0 bridgehead atoms. The van der Waals surface area contributed by atoms with Crippen LogP contribution in [0, 0.1) is 0 Å². The van der Waals surface area contributed by atoms with Gasteiger partial charge in [0.1, 0.15) is 0 Å². The summed E-state index contributed by atoms with van der Waals surface area (Å²) < 4.78 is 1.90. The van der Waals surface area contributed by atoms with E-state index in [0.29, 0.717) is 5.56 Å². The van der Waals surface area contributed by atoms with E-state index in [1.54, 1.807) is 6.20 Å². The summed E-state index contributed by atoms with van der Waals surface area (Å²) in [5, 5.41) is 7.78. The van der Waals surface area contributed by atoms with Gasteiger partial charge in [-0.05, 0) is 48.9 Å². The van der Waals surface area contributed by atoms with Crippen LogP contribution in [-0.2, 0) is 12.8 Å². The van der Waals surface area contributed by atoms with Crippen LogP contribution in [0.25, 0.3) is 5.69 Å². The van der Waals surface area contributed by atoms with E-state index >= 15 is 0 Å². The fourth-order valence-corrected chi connectivity index (χ4v) is 3.97. The third-order valence-electron chi connectivity index (χ3n) is 5.28. The smallest absolute Gasteiger partial charge is 0.255 e. The number of hydrogen-bond acceptors (Lipinski definition) is 2. The summed E-state index contributed by atoms with van der Waals surface area (Å²) in [4.78, 5) is 13.1. The molecule has 1 unspecified atom stereocenters. The number of fused-ring (bicyclic) bond motifs is 1. The maximum absolute atomic E-state index is 13.1. The van der Waals surface area contributed by atoms with Crippen molar-refractivity contribution < 1.29 is 4.79 Å². The van der Waals surface area contributed by atoms with Gasteiger partial charge in [0.05, 0.1) is 29.2 Å². The average molecular weight is 359 g/mol. The molecule has 0 aliphatic heterocycles. The van der Waals surface area contributed by atoms with E-state index in [-0.39, 0.29) is 11.9 Å². The number of aromatic nitrogens is 2. The van der Waals surface area contributed by atoms with Crippen molar-refractivity contribution in [2.24, 2.45) is 0 Å². The summed E-state index contributed by atoms with van der Waals surface area (Å²) in [5.41, 5.74) is 5.25. The minimum atomic E-state index is -0.0256. The summed E-state index contributed by atoms with van der Waals surface area (Å²) in [7, 11) is 0. The molecule has 1 N–H and O–H groups in total. The fraction of sp³-hybridized carbons (Fsp3) is 0.304. The predicted octanol–water partition coefficient (Wildman–Crippen LogP) is 4.63. The highest BCUT2D eigenvalue weighted by molar-refractivity contribution is 5.95. The Balaban J connectivity index is 1.62. The number of hydrogen-bond donors (Lipinski definition) is 1. The van der Waals surface area contributed by atoms with Crippen molar-refractivity contribution in [3.63, 3.8) is 0 Å². The van der Waals surface area contributed by atoms with Crippen LogP contribution in [0.5, 0.6) is 0 Å². The van der Waals surface area contributed by atoms with Crippen LogP contribution < -0.4 is 5.32 Å². The molecule has 138 valence electrons.